The van der Waals surface area contributed by atoms with Crippen molar-refractivity contribution in [2.75, 3.05) is 0 Å². The van der Waals surface area contributed by atoms with Crippen LogP contribution >= 0.6 is 0 Å². The first-order chi connectivity index (χ1) is 5.74. The fourth-order valence-corrected chi connectivity index (χ4v) is 0.834. The van der Waals surface area contributed by atoms with Crippen LogP contribution in [-0.4, -0.2) is 21.9 Å². The van der Waals surface area contributed by atoms with Crippen LogP contribution in [0.1, 0.15) is 5.69 Å². The summed E-state index contributed by atoms with van der Waals surface area (Å²) in [6.07, 6.45) is 3.51. The van der Waals surface area contributed by atoms with Crippen molar-refractivity contribution in [2.24, 2.45) is 5.73 Å². The second kappa shape index (κ2) is 3.84. The Balaban J connectivity index is 2.54. The van der Waals surface area contributed by atoms with E-state index in [1.165, 1.54) is 6.33 Å². The lowest BCUT2D eigenvalue weighted by Crippen LogP contribution is -2.42. The van der Waals surface area contributed by atoms with E-state index in [0.717, 1.165) is 0 Å². The van der Waals surface area contributed by atoms with Crippen molar-refractivity contribution >= 4 is 5.91 Å². The largest absolute Gasteiger partial charge is 0.368 e. The lowest BCUT2D eigenvalue weighted by molar-refractivity contribution is -0.120. The molecule has 0 fully saturated rings. The van der Waals surface area contributed by atoms with Gasteiger partial charge in [0.2, 0.25) is 5.91 Å². The molecule has 1 radical (unpaired) electrons. The molecule has 0 bridgehead atoms. The number of carbonyl (C=O) groups excluding carboxylic acids is 1. The van der Waals surface area contributed by atoms with E-state index in [1.807, 2.05) is 0 Å². The molecule has 0 spiro atoms. The van der Waals surface area contributed by atoms with E-state index in [4.69, 9.17) is 11.6 Å². The molecule has 0 aliphatic rings. The summed E-state index contributed by atoms with van der Waals surface area (Å²) in [4.78, 5) is 17.3. The lowest BCUT2D eigenvalue weighted by atomic mass is 10.2. The molecule has 0 aliphatic heterocycles. The Morgan fingerprint density at radius 3 is 3.08 bits per heavy atom. The fourth-order valence-electron chi connectivity index (χ4n) is 0.834. The molecule has 6 heteroatoms. The van der Waals surface area contributed by atoms with Gasteiger partial charge in [0.05, 0.1) is 12.0 Å². The first-order valence-electron chi connectivity index (χ1n) is 3.43. The van der Waals surface area contributed by atoms with Gasteiger partial charge in [-0.05, 0) is 0 Å². The van der Waals surface area contributed by atoms with Crippen LogP contribution in [0.2, 0.25) is 0 Å². The Bertz CT molecular complexity index is 244. The smallest absolute Gasteiger partial charge is 0.236 e. The summed E-state index contributed by atoms with van der Waals surface area (Å²) in [6.45, 7) is 0. The van der Waals surface area contributed by atoms with Gasteiger partial charge in [0.25, 0.3) is 0 Å². The predicted octanol–water partition coefficient (Wildman–Crippen LogP) is -1.41. The summed E-state index contributed by atoms with van der Waals surface area (Å²) in [6, 6.07) is -0.673. The van der Waals surface area contributed by atoms with Gasteiger partial charge in [-0.3, -0.25) is 4.79 Å². The fraction of sp³-hybridized carbons (Fsp3) is 0.333. The highest BCUT2D eigenvalue weighted by molar-refractivity contribution is 5.79. The van der Waals surface area contributed by atoms with Gasteiger partial charge >= 0.3 is 0 Å². The summed E-state index contributed by atoms with van der Waals surface area (Å²) < 4.78 is 0. The molecule has 1 aromatic rings. The van der Waals surface area contributed by atoms with Crippen molar-refractivity contribution in [3.63, 3.8) is 0 Å². The molecule has 5 N–H and O–H groups in total. The molecule has 1 atom stereocenters. The Kier molecular flexibility index (Phi) is 2.78. The van der Waals surface area contributed by atoms with Crippen LogP contribution in [0.3, 0.4) is 0 Å². The summed E-state index contributed by atoms with van der Waals surface area (Å²) >= 11 is 0. The number of imidazole rings is 1. The average Bonchev–Trinajstić information content (AvgIpc) is 2.51. The van der Waals surface area contributed by atoms with Crippen molar-refractivity contribution in [1.29, 1.82) is 0 Å². The normalized spacial score (nSPS) is 12.8. The van der Waals surface area contributed by atoms with Crippen molar-refractivity contribution in [2.45, 2.75) is 12.5 Å². The average molecular weight is 168 g/mol. The molecule has 6 nitrogen and oxygen atoms in total. The van der Waals surface area contributed by atoms with E-state index in [9.17, 15) is 4.79 Å². The maximum absolute atomic E-state index is 10.7. The van der Waals surface area contributed by atoms with Crippen LogP contribution in [0.4, 0.5) is 0 Å². The molecule has 1 heterocycles. The van der Waals surface area contributed by atoms with Gasteiger partial charge in [0.15, 0.2) is 0 Å². The van der Waals surface area contributed by atoms with E-state index < -0.39 is 11.9 Å². The van der Waals surface area contributed by atoms with Crippen molar-refractivity contribution in [1.82, 2.24) is 21.2 Å². The number of hydrogen-bond acceptors (Lipinski definition) is 3. The number of nitrogens with zero attached hydrogens (tertiary/aromatic N) is 1. The van der Waals surface area contributed by atoms with Crippen LogP contribution in [0.15, 0.2) is 12.5 Å². The predicted molar refractivity (Wildman–Crippen MR) is 41.5 cm³/mol. The number of carbonyl (C=O) groups is 1. The minimum absolute atomic E-state index is 0.336. The van der Waals surface area contributed by atoms with Crippen LogP contribution < -0.4 is 17.0 Å². The number of nitrogens with one attached hydrogen (secondary N) is 3. The topological polar surface area (TPSA) is 108 Å². The van der Waals surface area contributed by atoms with Gasteiger partial charge in [-0.15, -0.1) is 0 Å². The highest BCUT2D eigenvalue weighted by Crippen LogP contribution is 1.96. The highest BCUT2D eigenvalue weighted by Gasteiger charge is 2.14. The quantitative estimate of drug-likeness (QED) is 0.481. The zero-order valence-corrected chi connectivity index (χ0v) is 6.37. The molecule has 0 saturated heterocycles. The molecule has 1 amide bonds. The van der Waals surface area contributed by atoms with E-state index in [-0.39, 0.29) is 0 Å². The summed E-state index contributed by atoms with van der Waals surface area (Å²) in [5.74, 6) is 6.26. The standard InChI is InChI=1S/C6H10N5O/c7-6(12)5(11-8)1-4-2-9-3-10-4/h2-3,5,8,11H,1H2,(H2,7,12)(H,9,10)/t5-/m0/s1. The lowest BCUT2D eigenvalue weighted by Gasteiger charge is -2.08. The van der Waals surface area contributed by atoms with Crippen LogP contribution in [0.25, 0.3) is 0 Å². The maximum Gasteiger partial charge on any atom is 0.236 e. The van der Waals surface area contributed by atoms with Crippen LogP contribution in [0.5, 0.6) is 0 Å². The minimum atomic E-state index is -0.673. The third-order valence-electron chi connectivity index (χ3n) is 1.49. The van der Waals surface area contributed by atoms with E-state index in [1.54, 1.807) is 6.20 Å². The summed E-state index contributed by atoms with van der Waals surface area (Å²) in [5.41, 5.74) is 7.77. The van der Waals surface area contributed by atoms with Crippen molar-refractivity contribution < 1.29 is 4.79 Å². The Morgan fingerprint density at radius 2 is 2.67 bits per heavy atom. The monoisotopic (exact) mass is 168 g/mol. The number of aromatic nitrogens is 2. The first kappa shape index (κ1) is 8.69. The third-order valence-corrected chi connectivity index (χ3v) is 1.49. The summed E-state index contributed by atoms with van der Waals surface area (Å²) in [7, 11) is 0. The number of nitrogens with two attached hydrogens (primary N) is 1. The Labute approximate surface area is 69.3 Å². The second-order valence-electron chi connectivity index (χ2n) is 2.36. The number of primary amides is 1. The summed E-state index contributed by atoms with van der Waals surface area (Å²) in [5, 5.41) is 0. The van der Waals surface area contributed by atoms with Crippen LogP contribution in [0, 0.1) is 0 Å². The number of H-pyrrole nitrogens is 1. The Morgan fingerprint density at radius 1 is 1.92 bits per heavy atom. The molecule has 1 aromatic heterocycles. The number of amides is 1. The number of rotatable bonds is 4. The molecule has 0 saturated carbocycles. The van der Waals surface area contributed by atoms with Gasteiger partial charge in [-0.1, -0.05) is 0 Å². The zero-order valence-electron chi connectivity index (χ0n) is 6.37. The van der Waals surface area contributed by atoms with Gasteiger partial charge in [0, 0.05) is 12.6 Å². The second-order valence-corrected chi connectivity index (χ2v) is 2.36. The highest BCUT2D eigenvalue weighted by atomic mass is 16.1. The van der Waals surface area contributed by atoms with Crippen molar-refractivity contribution in [3.05, 3.63) is 18.2 Å². The molecule has 0 unspecified atom stereocenters. The zero-order chi connectivity index (χ0) is 8.97. The van der Waals surface area contributed by atoms with E-state index in [0.29, 0.717) is 12.1 Å². The van der Waals surface area contributed by atoms with Gasteiger partial charge in [0.1, 0.15) is 6.04 Å². The van der Waals surface area contributed by atoms with Crippen molar-refractivity contribution in [3.8, 4) is 0 Å². The van der Waals surface area contributed by atoms with Gasteiger partial charge < -0.3 is 10.7 Å². The third kappa shape index (κ3) is 2.04. The van der Waals surface area contributed by atoms with Gasteiger partial charge in [-0.25, -0.2) is 10.4 Å². The minimum Gasteiger partial charge on any atom is -0.368 e. The van der Waals surface area contributed by atoms with Crippen LogP contribution in [-0.2, 0) is 11.2 Å². The number of hydrogen-bond donors (Lipinski definition) is 3. The SMILES string of the molecule is [NH]N[C@@H](Cc1c[nH]cn1)C(N)=O. The molecular weight excluding hydrogens is 158 g/mol. The molecule has 0 aromatic carbocycles. The molecular formula is C6H10N5O. The molecule has 12 heavy (non-hydrogen) atoms. The van der Waals surface area contributed by atoms with E-state index in [2.05, 4.69) is 15.4 Å². The molecule has 65 valence electrons. The molecule has 0 aliphatic carbocycles. The molecule has 1 rings (SSSR count). The maximum atomic E-state index is 10.7. The number of aromatic amines is 1. The van der Waals surface area contributed by atoms with E-state index >= 15 is 0 Å². The first-order valence-corrected chi connectivity index (χ1v) is 3.43. The Hall–Kier alpha value is -1.40. The van der Waals surface area contributed by atoms with Gasteiger partial charge in [-0.2, -0.15) is 5.84 Å².